The summed E-state index contributed by atoms with van der Waals surface area (Å²) in [5, 5.41) is 11.5. The molecule has 7 nitrogen and oxygen atoms in total. The van der Waals surface area contributed by atoms with Crippen LogP contribution in [0.3, 0.4) is 0 Å². The molecule has 0 aromatic rings. The van der Waals surface area contributed by atoms with Gasteiger partial charge in [-0.3, -0.25) is 9.59 Å². The van der Waals surface area contributed by atoms with Crippen molar-refractivity contribution in [3.8, 4) is 0 Å². The molecule has 0 saturated carbocycles. The zero-order chi connectivity index (χ0) is 16.9. The molecule has 0 spiro atoms. The van der Waals surface area contributed by atoms with Crippen LogP contribution in [0.15, 0.2) is 11.8 Å². The summed E-state index contributed by atoms with van der Waals surface area (Å²) in [5.41, 5.74) is -0.0761. The smallest absolute Gasteiger partial charge is 0.408 e. The zero-order valence-corrected chi connectivity index (χ0v) is 14.0. The van der Waals surface area contributed by atoms with Gasteiger partial charge in [-0.1, -0.05) is 0 Å². The molecule has 1 fully saturated rings. The average Bonchev–Trinajstić information content (AvgIpc) is 2.37. The molecule has 8 heteroatoms. The normalized spacial score (nSPS) is 30.9. The Labute approximate surface area is 133 Å². The van der Waals surface area contributed by atoms with Gasteiger partial charge in [-0.2, -0.15) is 0 Å². The van der Waals surface area contributed by atoms with Gasteiger partial charge in [-0.05, 0) is 40.2 Å². The number of nitrogens with one attached hydrogen (secondary N) is 1. The van der Waals surface area contributed by atoms with Gasteiger partial charge in [0.25, 0.3) is 5.91 Å². The summed E-state index contributed by atoms with van der Waals surface area (Å²) in [6.45, 7) is 8.45. The molecule has 0 aromatic carbocycles. The number of aliphatic carboxylic acids is 1. The van der Waals surface area contributed by atoms with Crippen molar-refractivity contribution in [2.75, 3.05) is 0 Å². The summed E-state index contributed by atoms with van der Waals surface area (Å²) in [7, 11) is 0. The first kappa shape index (κ1) is 16.7. The molecule has 122 valence electrons. The third kappa shape index (κ3) is 2.79. The van der Waals surface area contributed by atoms with Crippen LogP contribution in [0.2, 0.25) is 0 Å². The van der Waals surface area contributed by atoms with Crippen molar-refractivity contribution < 1.29 is 24.2 Å². The van der Waals surface area contributed by atoms with Crippen molar-refractivity contribution in [3.05, 3.63) is 11.8 Å². The molecule has 0 aliphatic carbocycles. The van der Waals surface area contributed by atoms with Gasteiger partial charge in [0.05, 0.1) is 0 Å². The maximum atomic E-state index is 12.1. The number of carboxylic acid groups (broad SMARTS) is 1. The molecule has 2 heterocycles. The van der Waals surface area contributed by atoms with Gasteiger partial charge in [0.2, 0.25) is 0 Å². The van der Waals surface area contributed by atoms with Crippen molar-refractivity contribution in [2.24, 2.45) is 0 Å². The number of β-lactam (4-membered cyclic amide) rings is 1. The number of hydrogen-bond donors (Lipinski definition) is 2. The number of ether oxygens (including phenoxy) is 1. The van der Waals surface area contributed by atoms with Gasteiger partial charge in [0.1, 0.15) is 21.8 Å². The summed E-state index contributed by atoms with van der Waals surface area (Å²) < 4.78 is 4.02. The molecule has 2 N–H and O–H groups in total. The van der Waals surface area contributed by atoms with Crippen LogP contribution < -0.4 is 5.32 Å². The molecule has 0 bridgehead atoms. The Morgan fingerprint density at radius 1 is 1.45 bits per heavy atom. The summed E-state index contributed by atoms with van der Waals surface area (Å²) >= 11 is 1.14. The van der Waals surface area contributed by atoms with Crippen molar-refractivity contribution in [2.45, 2.75) is 56.4 Å². The minimum atomic E-state index is -1.12. The molecule has 2 aliphatic heterocycles. The molecule has 22 heavy (non-hydrogen) atoms. The Morgan fingerprint density at radius 3 is 2.55 bits per heavy atom. The molecule has 2 rings (SSSR count). The molecular formula is C14H20N2O5S. The molecular weight excluding hydrogens is 308 g/mol. The van der Waals surface area contributed by atoms with E-state index in [1.807, 2.05) is 0 Å². The number of nitrogens with zero attached hydrogens (tertiary/aromatic N) is 1. The minimum Gasteiger partial charge on any atom is -0.480 e. The average molecular weight is 328 g/mol. The highest BCUT2D eigenvalue weighted by molar-refractivity contribution is 8.02. The first-order valence-corrected chi connectivity index (χ1v) is 7.75. The van der Waals surface area contributed by atoms with Gasteiger partial charge in [-0.15, -0.1) is 11.8 Å². The first-order chi connectivity index (χ1) is 9.95. The fraction of sp³-hybridized carbons (Fsp3) is 0.643. The second-order valence-corrected chi connectivity index (χ2v) is 8.06. The standard InChI is InChI=1S/C14H20N2O5S/c1-7-6-16-9(17)8(15-12(20)21-13(2,3)4)10(16)22-14(7,5)11(18)19/h6,8,10H,1-5H3,(H,15,20)(H,18,19)/t8?,10-,14?/m1/s1. The van der Waals surface area contributed by atoms with E-state index >= 15 is 0 Å². The van der Waals surface area contributed by atoms with E-state index in [-0.39, 0.29) is 5.91 Å². The molecule has 2 amide bonds. The Bertz CT molecular complexity index is 568. The van der Waals surface area contributed by atoms with E-state index in [1.54, 1.807) is 40.8 Å². The van der Waals surface area contributed by atoms with Gasteiger partial charge >= 0.3 is 12.1 Å². The first-order valence-electron chi connectivity index (χ1n) is 6.87. The van der Waals surface area contributed by atoms with Crippen molar-refractivity contribution in [3.63, 3.8) is 0 Å². The van der Waals surface area contributed by atoms with Crippen LogP contribution in [0.5, 0.6) is 0 Å². The van der Waals surface area contributed by atoms with Crippen LogP contribution in [0.1, 0.15) is 34.6 Å². The second-order valence-electron chi connectivity index (χ2n) is 6.53. The highest BCUT2D eigenvalue weighted by atomic mass is 32.2. The van der Waals surface area contributed by atoms with E-state index in [9.17, 15) is 19.5 Å². The van der Waals surface area contributed by atoms with Crippen LogP contribution in [0, 0.1) is 0 Å². The Hall–Kier alpha value is -1.70. The summed E-state index contributed by atoms with van der Waals surface area (Å²) in [6.07, 6.45) is 0.861. The van der Waals surface area contributed by atoms with Crippen LogP contribution in [-0.4, -0.2) is 49.7 Å². The minimum absolute atomic E-state index is 0.268. The number of hydrogen-bond acceptors (Lipinski definition) is 5. The van der Waals surface area contributed by atoms with Crippen molar-refractivity contribution in [1.29, 1.82) is 0 Å². The topological polar surface area (TPSA) is 95.9 Å². The molecule has 0 aromatic heterocycles. The highest BCUT2D eigenvalue weighted by Gasteiger charge is 2.56. The lowest BCUT2D eigenvalue weighted by Gasteiger charge is -2.50. The predicted octanol–water partition coefficient (Wildman–Crippen LogP) is 1.54. The fourth-order valence-electron chi connectivity index (χ4n) is 2.20. The third-order valence-electron chi connectivity index (χ3n) is 3.60. The molecule has 0 radical (unpaired) electrons. The van der Waals surface area contributed by atoms with Gasteiger partial charge in [-0.25, -0.2) is 4.79 Å². The van der Waals surface area contributed by atoms with E-state index in [0.717, 1.165) is 11.8 Å². The van der Waals surface area contributed by atoms with E-state index in [4.69, 9.17) is 4.74 Å². The van der Waals surface area contributed by atoms with E-state index in [2.05, 4.69) is 5.32 Å². The number of carboxylic acids is 1. The second kappa shape index (κ2) is 5.19. The van der Waals surface area contributed by atoms with Gasteiger partial charge < -0.3 is 20.1 Å². The lowest BCUT2D eigenvalue weighted by molar-refractivity contribution is -0.143. The van der Waals surface area contributed by atoms with Crippen molar-refractivity contribution >= 4 is 29.7 Å². The fourth-order valence-corrected chi connectivity index (χ4v) is 3.62. The van der Waals surface area contributed by atoms with Crippen LogP contribution in [0.4, 0.5) is 4.79 Å². The number of alkyl carbamates (subject to hydrolysis) is 1. The summed E-state index contributed by atoms with van der Waals surface area (Å²) in [5.74, 6) is -1.24. The van der Waals surface area contributed by atoms with E-state index in [0.29, 0.717) is 5.57 Å². The number of carbonyl (C=O) groups excluding carboxylic acids is 2. The Morgan fingerprint density at radius 2 is 2.05 bits per heavy atom. The van der Waals surface area contributed by atoms with E-state index < -0.39 is 33.8 Å². The molecule has 2 aliphatic rings. The van der Waals surface area contributed by atoms with Crippen LogP contribution in [-0.2, 0) is 14.3 Å². The number of amides is 2. The predicted molar refractivity (Wildman–Crippen MR) is 81.2 cm³/mol. The number of carbonyl (C=O) groups is 3. The maximum Gasteiger partial charge on any atom is 0.408 e. The summed E-state index contributed by atoms with van der Waals surface area (Å²) in [6, 6.07) is -0.775. The number of thioether (sulfide) groups is 1. The number of rotatable bonds is 2. The number of fused-ring (bicyclic) bond motifs is 1. The third-order valence-corrected chi connectivity index (χ3v) is 5.31. The SMILES string of the molecule is CC1=CN2C(=O)C(NC(=O)OC(C)(C)C)[C@H]2SC1(C)C(=O)O. The lowest BCUT2D eigenvalue weighted by atomic mass is 10.00. The largest absolute Gasteiger partial charge is 0.480 e. The van der Waals surface area contributed by atoms with Crippen molar-refractivity contribution in [1.82, 2.24) is 10.2 Å². The Kier molecular flexibility index (Phi) is 3.93. The molecule has 3 atom stereocenters. The lowest BCUT2D eigenvalue weighted by Crippen LogP contribution is -2.70. The van der Waals surface area contributed by atoms with Gasteiger partial charge in [0.15, 0.2) is 0 Å². The van der Waals surface area contributed by atoms with Crippen LogP contribution >= 0.6 is 11.8 Å². The molecule has 2 unspecified atom stereocenters. The maximum absolute atomic E-state index is 12.1. The van der Waals surface area contributed by atoms with Gasteiger partial charge in [0, 0.05) is 6.20 Å². The quantitative estimate of drug-likeness (QED) is 0.747. The highest BCUT2D eigenvalue weighted by Crippen LogP contribution is 2.47. The molecule has 1 saturated heterocycles. The monoisotopic (exact) mass is 328 g/mol. The van der Waals surface area contributed by atoms with E-state index in [1.165, 1.54) is 4.90 Å². The summed E-state index contributed by atoms with van der Waals surface area (Å²) in [4.78, 5) is 36.8. The zero-order valence-electron chi connectivity index (χ0n) is 13.2. The Balaban J connectivity index is 2.12. The van der Waals surface area contributed by atoms with Crippen LogP contribution in [0.25, 0.3) is 0 Å².